The topological polar surface area (TPSA) is 106 Å². The van der Waals surface area contributed by atoms with E-state index in [0.29, 0.717) is 5.56 Å². The molecule has 96 valence electrons. The first-order chi connectivity index (χ1) is 8.49. The van der Waals surface area contributed by atoms with Gasteiger partial charge < -0.3 is 15.3 Å². The van der Waals surface area contributed by atoms with Crippen molar-refractivity contribution in [3.63, 3.8) is 0 Å². The highest BCUT2D eigenvalue weighted by molar-refractivity contribution is 5.79. The fraction of sp³-hybridized carbons (Fsp3) is 0.333. The SMILES string of the molecule is Cc1cc2[nH]ncc2cc1C(O)C(O)CC(=O)O. The van der Waals surface area contributed by atoms with Gasteiger partial charge in [-0.25, -0.2) is 0 Å². The number of nitrogens with one attached hydrogen (secondary N) is 1. The maximum Gasteiger partial charge on any atom is 0.306 e. The van der Waals surface area contributed by atoms with E-state index >= 15 is 0 Å². The molecule has 2 rings (SSSR count). The summed E-state index contributed by atoms with van der Waals surface area (Å²) in [4.78, 5) is 10.5. The number of aromatic amines is 1. The Morgan fingerprint density at radius 2 is 2.17 bits per heavy atom. The number of nitrogens with zero attached hydrogens (tertiary/aromatic N) is 1. The summed E-state index contributed by atoms with van der Waals surface area (Å²) in [5, 5.41) is 35.7. The highest BCUT2D eigenvalue weighted by Crippen LogP contribution is 2.26. The lowest BCUT2D eigenvalue weighted by atomic mass is 9.96. The molecule has 0 aliphatic rings. The van der Waals surface area contributed by atoms with Gasteiger partial charge in [0.05, 0.1) is 24.2 Å². The van der Waals surface area contributed by atoms with Gasteiger partial charge in [-0.3, -0.25) is 9.89 Å². The molecule has 2 aromatic rings. The van der Waals surface area contributed by atoms with Crippen molar-refractivity contribution in [2.75, 3.05) is 0 Å². The Hall–Kier alpha value is -1.92. The van der Waals surface area contributed by atoms with E-state index in [1.54, 1.807) is 25.3 Å². The number of aliphatic carboxylic acids is 1. The van der Waals surface area contributed by atoms with Crippen LogP contribution in [0.4, 0.5) is 0 Å². The third kappa shape index (κ3) is 2.34. The first-order valence-corrected chi connectivity index (χ1v) is 5.50. The van der Waals surface area contributed by atoms with Crippen LogP contribution in [0.5, 0.6) is 0 Å². The number of hydrogen-bond donors (Lipinski definition) is 4. The van der Waals surface area contributed by atoms with Crippen LogP contribution in [0.15, 0.2) is 18.3 Å². The van der Waals surface area contributed by atoms with E-state index in [9.17, 15) is 15.0 Å². The quantitative estimate of drug-likeness (QED) is 0.640. The monoisotopic (exact) mass is 250 g/mol. The number of H-pyrrole nitrogens is 1. The number of aryl methyl sites for hydroxylation is 1. The van der Waals surface area contributed by atoms with Crippen molar-refractivity contribution < 1.29 is 20.1 Å². The van der Waals surface area contributed by atoms with Crippen LogP contribution in [0.1, 0.15) is 23.7 Å². The Morgan fingerprint density at radius 1 is 1.44 bits per heavy atom. The molecule has 18 heavy (non-hydrogen) atoms. The molecule has 0 aliphatic carbocycles. The maximum atomic E-state index is 10.5. The lowest BCUT2D eigenvalue weighted by Gasteiger charge is -2.18. The van der Waals surface area contributed by atoms with E-state index in [0.717, 1.165) is 16.5 Å². The number of carbonyl (C=O) groups is 1. The average molecular weight is 250 g/mol. The van der Waals surface area contributed by atoms with Crippen molar-refractivity contribution >= 4 is 16.9 Å². The van der Waals surface area contributed by atoms with Gasteiger partial charge in [0.2, 0.25) is 0 Å². The zero-order chi connectivity index (χ0) is 13.3. The molecule has 1 heterocycles. The van der Waals surface area contributed by atoms with E-state index in [2.05, 4.69) is 10.2 Å². The zero-order valence-electron chi connectivity index (χ0n) is 9.79. The normalized spacial score (nSPS) is 14.6. The Morgan fingerprint density at radius 3 is 2.83 bits per heavy atom. The number of carboxylic acid groups (broad SMARTS) is 1. The Bertz CT molecular complexity index is 578. The van der Waals surface area contributed by atoms with Gasteiger partial charge in [-0.05, 0) is 30.2 Å². The number of aliphatic hydroxyl groups is 2. The fourth-order valence-electron chi connectivity index (χ4n) is 1.93. The van der Waals surface area contributed by atoms with Gasteiger partial charge in [-0.2, -0.15) is 5.10 Å². The number of hydrogen-bond acceptors (Lipinski definition) is 4. The minimum atomic E-state index is -1.33. The van der Waals surface area contributed by atoms with Crippen LogP contribution in [0.25, 0.3) is 10.9 Å². The minimum absolute atomic E-state index is 0.496. The number of aliphatic hydroxyl groups excluding tert-OH is 2. The van der Waals surface area contributed by atoms with Crippen molar-refractivity contribution in [1.29, 1.82) is 0 Å². The smallest absolute Gasteiger partial charge is 0.306 e. The third-order valence-corrected chi connectivity index (χ3v) is 2.89. The summed E-state index contributed by atoms with van der Waals surface area (Å²) >= 11 is 0. The number of carboxylic acids is 1. The molecular weight excluding hydrogens is 236 g/mol. The van der Waals surface area contributed by atoms with Gasteiger partial charge in [0, 0.05) is 5.39 Å². The lowest BCUT2D eigenvalue weighted by Crippen LogP contribution is -2.22. The molecule has 0 saturated carbocycles. The Labute approximate surface area is 103 Å². The summed E-state index contributed by atoms with van der Waals surface area (Å²) in [5.41, 5.74) is 2.11. The first kappa shape index (κ1) is 12.5. The summed E-state index contributed by atoms with van der Waals surface area (Å²) in [6, 6.07) is 3.50. The van der Waals surface area contributed by atoms with Crippen LogP contribution in [0, 0.1) is 6.92 Å². The largest absolute Gasteiger partial charge is 0.481 e. The van der Waals surface area contributed by atoms with Crippen molar-refractivity contribution in [3.05, 3.63) is 29.5 Å². The second-order valence-electron chi connectivity index (χ2n) is 4.28. The van der Waals surface area contributed by atoms with E-state index < -0.39 is 24.6 Å². The summed E-state index contributed by atoms with van der Waals surface area (Å²) in [6.45, 7) is 1.78. The highest BCUT2D eigenvalue weighted by Gasteiger charge is 2.23. The molecule has 1 aromatic heterocycles. The molecule has 0 aliphatic heterocycles. The van der Waals surface area contributed by atoms with Gasteiger partial charge in [-0.15, -0.1) is 0 Å². The van der Waals surface area contributed by atoms with Crippen molar-refractivity contribution in [1.82, 2.24) is 10.2 Å². The molecule has 0 bridgehead atoms. The molecule has 0 radical (unpaired) electrons. The van der Waals surface area contributed by atoms with Crippen LogP contribution in [-0.4, -0.2) is 37.6 Å². The van der Waals surface area contributed by atoms with E-state index in [1.807, 2.05) is 0 Å². The average Bonchev–Trinajstić information content (AvgIpc) is 2.72. The van der Waals surface area contributed by atoms with Crippen LogP contribution >= 0.6 is 0 Å². The van der Waals surface area contributed by atoms with Crippen LogP contribution in [0.2, 0.25) is 0 Å². The maximum absolute atomic E-state index is 10.5. The predicted molar refractivity (Wildman–Crippen MR) is 64.1 cm³/mol. The molecule has 4 N–H and O–H groups in total. The standard InChI is InChI=1S/C12H14N2O4/c1-6-2-9-7(5-13-14-9)3-8(6)12(18)10(15)4-11(16)17/h2-3,5,10,12,15,18H,4H2,1H3,(H,13,14)(H,16,17). The van der Waals surface area contributed by atoms with Gasteiger partial charge in [0.15, 0.2) is 0 Å². The molecule has 2 unspecified atom stereocenters. The van der Waals surface area contributed by atoms with Gasteiger partial charge in [0.25, 0.3) is 0 Å². The summed E-state index contributed by atoms with van der Waals surface area (Å²) in [5.74, 6) is -1.15. The minimum Gasteiger partial charge on any atom is -0.481 e. The molecule has 0 fully saturated rings. The second-order valence-corrected chi connectivity index (χ2v) is 4.28. The molecule has 0 spiro atoms. The van der Waals surface area contributed by atoms with Crippen LogP contribution in [0.3, 0.4) is 0 Å². The first-order valence-electron chi connectivity index (χ1n) is 5.50. The van der Waals surface area contributed by atoms with E-state index in [1.165, 1.54) is 0 Å². The molecule has 6 nitrogen and oxygen atoms in total. The van der Waals surface area contributed by atoms with Crippen molar-refractivity contribution in [2.24, 2.45) is 0 Å². The van der Waals surface area contributed by atoms with E-state index in [-0.39, 0.29) is 0 Å². The number of rotatable bonds is 4. The highest BCUT2D eigenvalue weighted by atomic mass is 16.4. The van der Waals surface area contributed by atoms with Crippen molar-refractivity contribution in [2.45, 2.75) is 25.6 Å². The summed E-state index contributed by atoms with van der Waals surface area (Å²) in [6.07, 6.45) is -1.44. The number of fused-ring (bicyclic) bond motifs is 1. The molecule has 6 heteroatoms. The second kappa shape index (κ2) is 4.75. The molecular formula is C12H14N2O4. The van der Waals surface area contributed by atoms with Crippen LogP contribution in [-0.2, 0) is 4.79 Å². The Balaban J connectivity index is 2.34. The van der Waals surface area contributed by atoms with Crippen LogP contribution < -0.4 is 0 Å². The zero-order valence-corrected chi connectivity index (χ0v) is 9.79. The molecule has 1 aromatic carbocycles. The fourth-order valence-corrected chi connectivity index (χ4v) is 1.93. The third-order valence-electron chi connectivity index (χ3n) is 2.89. The predicted octanol–water partition coefficient (Wildman–Crippen LogP) is 0.740. The molecule has 2 atom stereocenters. The lowest BCUT2D eigenvalue weighted by molar-refractivity contribution is -0.141. The summed E-state index contributed by atoms with van der Waals surface area (Å²) < 4.78 is 0. The molecule has 0 amide bonds. The van der Waals surface area contributed by atoms with Gasteiger partial charge in [0.1, 0.15) is 6.10 Å². The van der Waals surface area contributed by atoms with E-state index in [4.69, 9.17) is 5.11 Å². The number of benzene rings is 1. The molecule has 0 saturated heterocycles. The van der Waals surface area contributed by atoms with Gasteiger partial charge in [-0.1, -0.05) is 0 Å². The van der Waals surface area contributed by atoms with Gasteiger partial charge >= 0.3 is 5.97 Å². The Kier molecular flexibility index (Phi) is 3.31. The number of aromatic nitrogens is 2. The summed E-state index contributed by atoms with van der Waals surface area (Å²) in [7, 11) is 0. The van der Waals surface area contributed by atoms with Crippen molar-refractivity contribution in [3.8, 4) is 0 Å².